The van der Waals surface area contributed by atoms with Crippen LogP contribution in [-0.4, -0.2) is 51.5 Å². The van der Waals surface area contributed by atoms with E-state index in [1.165, 1.54) is 18.4 Å². The molecule has 1 aromatic heterocycles. The normalized spacial score (nSPS) is 21.6. The summed E-state index contributed by atoms with van der Waals surface area (Å²) in [5.41, 5.74) is 1.35. The second-order valence-electron chi connectivity index (χ2n) is 7.54. The second-order valence-corrected chi connectivity index (χ2v) is 7.54. The molecule has 0 radical (unpaired) electrons. The highest BCUT2D eigenvalue weighted by molar-refractivity contribution is 5.78. The molecular weight excluding hydrogens is 328 g/mol. The van der Waals surface area contributed by atoms with Gasteiger partial charge in [-0.3, -0.25) is 9.69 Å². The Morgan fingerprint density at radius 2 is 2.19 bits per heavy atom. The summed E-state index contributed by atoms with van der Waals surface area (Å²) in [6.45, 7) is 7.43. The first-order valence-corrected chi connectivity index (χ1v) is 10.1. The molecule has 1 fully saturated rings. The van der Waals surface area contributed by atoms with Crippen molar-refractivity contribution in [3.05, 3.63) is 23.4 Å². The fourth-order valence-electron chi connectivity index (χ4n) is 4.15. The molecule has 1 aliphatic carbocycles. The molecule has 2 aliphatic rings. The van der Waals surface area contributed by atoms with Gasteiger partial charge in [0, 0.05) is 32.5 Å². The van der Waals surface area contributed by atoms with E-state index in [2.05, 4.69) is 32.9 Å². The molecule has 0 unspecified atom stereocenters. The number of amides is 1. The molecular formula is C20H32N4O2. The highest BCUT2D eigenvalue weighted by atomic mass is 16.5. The molecule has 144 valence electrons. The molecule has 0 saturated carbocycles. The predicted octanol–water partition coefficient (Wildman–Crippen LogP) is 3.47. The molecule has 1 atom stereocenters. The average Bonchev–Trinajstić information content (AvgIpc) is 2.91. The van der Waals surface area contributed by atoms with E-state index in [1.54, 1.807) is 0 Å². The zero-order chi connectivity index (χ0) is 18.4. The lowest BCUT2D eigenvalue weighted by molar-refractivity contribution is -0.130. The molecule has 2 heterocycles. The van der Waals surface area contributed by atoms with Crippen molar-refractivity contribution in [2.24, 2.45) is 0 Å². The first-order valence-electron chi connectivity index (χ1n) is 10.1. The summed E-state index contributed by atoms with van der Waals surface area (Å²) in [6, 6.07) is 0.477. The number of nitrogens with zero attached hydrogens (tertiary/aromatic N) is 4. The van der Waals surface area contributed by atoms with Crippen LogP contribution < -0.4 is 0 Å². The zero-order valence-corrected chi connectivity index (χ0v) is 16.2. The van der Waals surface area contributed by atoms with Gasteiger partial charge in [-0.2, -0.15) is 4.98 Å². The Bertz CT molecular complexity index is 625. The van der Waals surface area contributed by atoms with Gasteiger partial charge >= 0.3 is 0 Å². The fraction of sp³-hybridized carbons (Fsp3) is 0.750. The number of aromatic nitrogens is 2. The molecule has 26 heavy (non-hydrogen) atoms. The second kappa shape index (κ2) is 9.31. The quantitative estimate of drug-likeness (QED) is 0.727. The number of likely N-dealkylation sites (tertiary alicyclic amines) is 1. The molecule has 1 saturated heterocycles. The number of allylic oxidation sites excluding steroid dienone is 1. The van der Waals surface area contributed by atoms with Crippen molar-refractivity contribution < 1.29 is 9.32 Å². The van der Waals surface area contributed by atoms with Gasteiger partial charge in [0.05, 0.1) is 6.54 Å². The van der Waals surface area contributed by atoms with E-state index in [4.69, 9.17) is 4.52 Å². The standard InChI is InChI=1S/C20H32N4O2/c1-3-23(15-19-21-16(2)26-22-19)18-10-7-12-24(13-11-18)20(25)14-17-8-5-4-6-9-17/h8,18H,3-7,9-15H2,1-2H3/t18-/m0/s1. The lowest BCUT2D eigenvalue weighted by Gasteiger charge is -2.29. The Kier molecular flexibility index (Phi) is 6.83. The molecule has 1 amide bonds. The van der Waals surface area contributed by atoms with Crippen molar-refractivity contribution in [3.63, 3.8) is 0 Å². The lowest BCUT2D eigenvalue weighted by Crippen LogP contribution is -2.37. The third-order valence-corrected chi connectivity index (χ3v) is 5.65. The summed E-state index contributed by atoms with van der Waals surface area (Å²) in [5, 5.41) is 4.03. The van der Waals surface area contributed by atoms with Crippen molar-refractivity contribution in [2.75, 3.05) is 19.6 Å². The summed E-state index contributed by atoms with van der Waals surface area (Å²) >= 11 is 0. The van der Waals surface area contributed by atoms with Crippen LogP contribution >= 0.6 is 0 Å². The van der Waals surface area contributed by atoms with Crippen LogP contribution in [0.15, 0.2) is 16.2 Å². The number of carbonyl (C=O) groups is 1. The molecule has 0 bridgehead atoms. The summed E-state index contributed by atoms with van der Waals surface area (Å²) in [5.74, 6) is 1.69. The van der Waals surface area contributed by atoms with Crippen LogP contribution in [0.4, 0.5) is 0 Å². The van der Waals surface area contributed by atoms with Crippen LogP contribution in [-0.2, 0) is 11.3 Å². The maximum absolute atomic E-state index is 12.7. The Balaban J connectivity index is 1.53. The number of aryl methyl sites for hydroxylation is 1. The van der Waals surface area contributed by atoms with Gasteiger partial charge in [-0.05, 0) is 51.5 Å². The smallest absolute Gasteiger partial charge is 0.226 e. The van der Waals surface area contributed by atoms with Crippen LogP contribution in [0.5, 0.6) is 0 Å². The van der Waals surface area contributed by atoms with Crippen molar-refractivity contribution in [3.8, 4) is 0 Å². The first kappa shape index (κ1) is 19.1. The van der Waals surface area contributed by atoms with Crippen molar-refractivity contribution >= 4 is 5.91 Å². The van der Waals surface area contributed by atoms with Crippen LogP contribution in [0.25, 0.3) is 0 Å². The van der Waals surface area contributed by atoms with Crippen molar-refractivity contribution in [1.82, 2.24) is 19.9 Å². The Hall–Kier alpha value is -1.69. The Morgan fingerprint density at radius 3 is 2.88 bits per heavy atom. The molecule has 0 aromatic carbocycles. The van der Waals surface area contributed by atoms with Gasteiger partial charge in [-0.15, -0.1) is 0 Å². The number of hydrogen-bond acceptors (Lipinski definition) is 5. The average molecular weight is 361 g/mol. The van der Waals surface area contributed by atoms with E-state index < -0.39 is 0 Å². The maximum atomic E-state index is 12.7. The number of rotatable bonds is 6. The van der Waals surface area contributed by atoms with Crippen LogP contribution in [0.2, 0.25) is 0 Å². The predicted molar refractivity (Wildman–Crippen MR) is 101 cm³/mol. The van der Waals surface area contributed by atoms with E-state index in [-0.39, 0.29) is 0 Å². The van der Waals surface area contributed by atoms with Gasteiger partial charge in [-0.25, -0.2) is 0 Å². The van der Waals surface area contributed by atoms with Crippen LogP contribution in [0.3, 0.4) is 0 Å². The highest BCUT2D eigenvalue weighted by Gasteiger charge is 2.25. The van der Waals surface area contributed by atoms with Gasteiger partial charge in [0.15, 0.2) is 5.82 Å². The fourth-order valence-corrected chi connectivity index (χ4v) is 4.15. The van der Waals surface area contributed by atoms with Gasteiger partial charge in [0.25, 0.3) is 0 Å². The minimum atomic E-state index is 0.315. The van der Waals surface area contributed by atoms with E-state index in [1.807, 2.05) is 6.92 Å². The lowest BCUT2D eigenvalue weighted by atomic mass is 9.97. The summed E-state index contributed by atoms with van der Waals surface area (Å²) in [7, 11) is 0. The number of hydrogen-bond donors (Lipinski definition) is 0. The molecule has 0 N–H and O–H groups in total. The Labute approximate surface area is 156 Å². The molecule has 1 aromatic rings. The topological polar surface area (TPSA) is 62.5 Å². The SMILES string of the molecule is CCN(Cc1noc(C)n1)[C@H]1CCCN(C(=O)CC2=CCCCC2)CC1. The van der Waals surface area contributed by atoms with E-state index in [0.29, 0.717) is 24.3 Å². The third kappa shape index (κ3) is 5.16. The van der Waals surface area contributed by atoms with Crippen LogP contribution in [0, 0.1) is 6.92 Å². The molecule has 0 spiro atoms. The van der Waals surface area contributed by atoms with Gasteiger partial charge < -0.3 is 9.42 Å². The molecule has 3 rings (SSSR count). The largest absolute Gasteiger partial charge is 0.342 e. The van der Waals surface area contributed by atoms with Gasteiger partial charge in [0.2, 0.25) is 11.8 Å². The maximum Gasteiger partial charge on any atom is 0.226 e. The number of carbonyl (C=O) groups excluding carboxylic acids is 1. The highest BCUT2D eigenvalue weighted by Crippen LogP contribution is 2.23. The monoisotopic (exact) mass is 360 g/mol. The minimum absolute atomic E-state index is 0.315. The van der Waals surface area contributed by atoms with Crippen LogP contribution in [0.1, 0.15) is 70.0 Å². The molecule has 1 aliphatic heterocycles. The summed E-state index contributed by atoms with van der Waals surface area (Å²) in [4.78, 5) is 21.5. The summed E-state index contributed by atoms with van der Waals surface area (Å²) in [6.07, 6.45) is 10.9. The molecule has 6 heteroatoms. The van der Waals surface area contributed by atoms with Gasteiger partial charge in [-0.1, -0.05) is 23.7 Å². The van der Waals surface area contributed by atoms with Gasteiger partial charge in [0.1, 0.15) is 0 Å². The van der Waals surface area contributed by atoms with E-state index in [0.717, 1.165) is 64.1 Å². The van der Waals surface area contributed by atoms with Crippen molar-refractivity contribution in [2.45, 2.75) is 77.8 Å². The third-order valence-electron chi connectivity index (χ3n) is 5.65. The molecule has 6 nitrogen and oxygen atoms in total. The first-order chi connectivity index (χ1) is 12.7. The van der Waals surface area contributed by atoms with Crippen molar-refractivity contribution in [1.29, 1.82) is 0 Å². The Morgan fingerprint density at radius 1 is 1.31 bits per heavy atom. The summed E-state index contributed by atoms with van der Waals surface area (Å²) < 4.78 is 5.10. The van der Waals surface area contributed by atoms with E-state index in [9.17, 15) is 4.79 Å². The minimum Gasteiger partial charge on any atom is -0.342 e. The van der Waals surface area contributed by atoms with E-state index >= 15 is 0 Å². The zero-order valence-electron chi connectivity index (χ0n) is 16.2.